The lowest BCUT2D eigenvalue weighted by molar-refractivity contribution is -0.0268. The summed E-state index contributed by atoms with van der Waals surface area (Å²) in [5, 5.41) is 9.06. The first-order valence-corrected chi connectivity index (χ1v) is 3.67. The van der Waals surface area contributed by atoms with E-state index in [1.54, 1.807) is 12.1 Å². The summed E-state index contributed by atoms with van der Waals surface area (Å²) in [6.07, 6.45) is 0. The van der Waals surface area contributed by atoms with Gasteiger partial charge in [-0.05, 0) is 6.07 Å². The summed E-state index contributed by atoms with van der Waals surface area (Å²) in [5.41, 5.74) is 0.220. The quantitative estimate of drug-likeness (QED) is 0.657. The molecule has 0 unspecified atom stereocenters. The Morgan fingerprint density at radius 2 is 2.31 bits per heavy atom. The molecular formula is C7H6BFO4. The molecule has 0 radical (unpaired) electrons. The maximum Gasteiger partial charge on any atom is 0.533 e. The van der Waals surface area contributed by atoms with Gasteiger partial charge in [0.25, 0.3) is 0 Å². The van der Waals surface area contributed by atoms with Gasteiger partial charge in [-0.1, -0.05) is 16.7 Å². The van der Waals surface area contributed by atoms with Gasteiger partial charge in [-0.25, -0.2) is 4.86 Å². The molecule has 13 heavy (non-hydrogen) atoms. The molecule has 0 saturated heterocycles. The average molecular weight is 184 g/mol. The van der Waals surface area contributed by atoms with Gasteiger partial charge >= 0.3 is 7.12 Å². The van der Waals surface area contributed by atoms with Crippen molar-refractivity contribution in [3.8, 4) is 11.5 Å². The molecule has 1 N–H and O–H groups in total. The molecule has 1 aliphatic heterocycles. The summed E-state index contributed by atoms with van der Waals surface area (Å²) in [6, 6.07) is 4.78. The van der Waals surface area contributed by atoms with Gasteiger partial charge in [-0.15, -0.1) is 0 Å². The van der Waals surface area contributed by atoms with Crippen LogP contribution >= 0.6 is 0 Å². The minimum absolute atomic E-state index is 0.0748. The van der Waals surface area contributed by atoms with E-state index < -0.39 is 7.12 Å². The van der Waals surface area contributed by atoms with Crippen LogP contribution in [0.5, 0.6) is 11.5 Å². The molecule has 0 aromatic heterocycles. The third-order valence-corrected chi connectivity index (χ3v) is 1.78. The molecule has 0 fully saturated rings. The number of halogens is 1. The Balaban J connectivity index is 2.41. The summed E-state index contributed by atoms with van der Waals surface area (Å²) >= 11 is 0. The Morgan fingerprint density at radius 3 is 3.08 bits per heavy atom. The highest BCUT2D eigenvalue weighted by molar-refractivity contribution is 6.61. The van der Waals surface area contributed by atoms with Gasteiger partial charge in [0.15, 0.2) is 11.5 Å². The van der Waals surface area contributed by atoms with Crippen LogP contribution in [-0.2, 0) is 4.86 Å². The van der Waals surface area contributed by atoms with Crippen LogP contribution < -0.4 is 14.9 Å². The topological polar surface area (TPSA) is 47.9 Å². The Labute approximate surface area is 73.9 Å². The standard InChI is InChI=1S/C7H6BFO4/c9-13-8(10)5-2-1-3-6-7(5)12-4-11-6/h1-3,10H,4H2. The fraction of sp³-hybridized carbons (Fsp3) is 0.143. The van der Waals surface area contributed by atoms with E-state index in [1.807, 2.05) is 0 Å². The lowest BCUT2D eigenvalue weighted by Gasteiger charge is -2.04. The van der Waals surface area contributed by atoms with Crippen molar-refractivity contribution in [3.05, 3.63) is 18.2 Å². The van der Waals surface area contributed by atoms with Crippen molar-refractivity contribution in [2.45, 2.75) is 0 Å². The first kappa shape index (κ1) is 8.34. The smallest absolute Gasteiger partial charge is 0.454 e. The van der Waals surface area contributed by atoms with Gasteiger partial charge < -0.3 is 14.5 Å². The fourth-order valence-electron chi connectivity index (χ4n) is 1.20. The van der Waals surface area contributed by atoms with E-state index in [9.17, 15) is 4.53 Å². The van der Waals surface area contributed by atoms with Gasteiger partial charge in [-0.3, -0.25) is 0 Å². The Kier molecular flexibility index (Phi) is 2.07. The van der Waals surface area contributed by atoms with E-state index in [2.05, 4.69) is 4.86 Å². The highest BCUT2D eigenvalue weighted by Crippen LogP contribution is 2.29. The van der Waals surface area contributed by atoms with Crippen molar-refractivity contribution in [1.82, 2.24) is 0 Å². The van der Waals surface area contributed by atoms with Crippen molar-refractivity contribution in [2.75, 3.05) is 6.79 Å². The SMILES string of the molecule is OB(OF)c1cccc2c1OCO2. The summed E-state index contributed by atoms with van der Waals surface area (Å²) in [4.78, 5) is 3.28. The van der Waals surface area contributed by atoms with Gasteiger partial charge in [-0.2, -0.15) is 0 Å². The number of hydrogen-bond acceptors (Lipinski definition) is 4. The lowest BCUT2D eigenvalue weighted by atomic mass is 9.79. The first-order chi connectivity index (χ1) is 6.33. The molecule has 0 saturated carbocycles. The molecule has 6 heteroatoms. The van der Waals surface area contributed by atoms with E-state index in [0.29, 0.717) is 11.5 Å². The molecule has 0 aliphatic carbocycles. The van der Waals surface area contributed by atoms with Crippen molar-refractivity contribution in [2.24, 2.45) is 0 Å². The number of rotatable bonds is 2. The molecule has 0 atom stereocenters. The van der Waals surface area contributed by atoms with Crippen LogP contribution in [0.1, 0.15) is 0 Å². The third-order valence-electron chi connectivity index (χ3n) is 1.78. The molecule has 1 aromatic rings. The second-order valence-corrected chi connectivity index (χ2v) is 2.52. The zero-order chi connectivity index (χ0) is 9.26. The molecule has 2 rings (SSSR count). The van der Waals surface area contributed by atoms with E-state index >= 15 is 0 Å². The van der Waals surface area contributed by atoms with Crippen LogP contribution in [0, 0.1) is 0 Å². The number of hydrogen-bond donors (Lipinski definition) is 1. The highest BCUT2D eigenvalue weighted by atomic mass is 19.3. The molecule has 0 bridgehead atoms. The number of ether oxygens (including phenoxy) is 2. The number of fused-ring (bicyclic) bond motifs is 1. The van der Waals surface area contributed by atoms with E-state index in [1.165, 1.54) is 6.07 Å². The predicted octanol–water partition coefficient (Wildman–Crippen LogP) is 0.00390. The molecule has 1 heterocycles. The maximum atomic E-state index is 11.7. The predicted molar refractivity (Wildman–Crippen MR) is 42.4 cm³/mol. The fourth-order valence-corrected chi connectivity index (χ4v) is 1.20. The lowest BCUT2D eigenvalue weighted by Crippen LogP contribution is -2.31. The van der Waals surface area contributed by atoms with Crippen molar-refractivity contribution in [1.29, 1.82) is 0 Å². The Morgan fingerprint density at radius 1 is 1.46 bits per heavy atom. The summed E-state index contributed by atoms with van der Waals surface area (Å²) in [7, 11) is -1.63. The summed E-state index contributed by atoms with van der Waals surface area (Å²) < 4.78 is 21.7. The molecule has 0 amide bonds. The van der Waals surface area contributed by atoms with Crippen molar-refractivity contribution < 1.29 is 23.9 Å². The average Bonchev–Trinajstić information content (AvgIpc) is 2.63. The maximum absolute atomic E-state index is 11.7. The Hall–Kier alpha value is -1.27. The van der Waals surface area contributed by atoms with Gasteiger partial charge in [0, 0.05) is 5.46 Å². The van der Waals surface area contributed by atoms with Crippen LogP contribution in [-0.4, -0.2) is 18.9 Å². The molecular weight excluding hydrogens is 178 g/mol. The van der Waals surface area contributed by atoms with Crippen molar-refractivity contribution in [3.63, 3.8) is 0 Å². The van der Waals surface area contributed by atoms with E-state index in [4.69, 9.17) is 14.5 Å². The van der Waals surface area contributed by atoms with Crippen molar-refractivity contribution >= 4 is 12.6 Å². The zero-order valence-electron chi connectivity index (χ0n) is 6.57. The highest BCUT2D eigenvalue weighted by Gasteiger charge is 2.27. The van der Waals surface area contributed by atoms with Crippen LogP contribution in [0.3, 0.4) is 0 Å². The second-order valence-electron chi connectivity index (χ2n) is 2.52. The van der Waals surface area contributed by atoms with Crippen LogP contribution in [0.4, 0.5) is 4.53 Å². The number of para-hydroxylation sites is 1. The summed E-state index contributed by atoms with van der Waals surface area (Å²) in [5.74, 6) is 0.807. The molecule has 1 aromatic carbocycles. The first-order valence-electron chi connectivity index (χ1n) is 3.67. The molecule has 1 aliphatic rings. The van der Waals surface area contributed by atoms with Gasteiger partial charge in [0.05, 0.1) is 0 Å². The monoisotopic (exact) mass is 184 g/mol. The number of benzene rings is 1. The minimum Gasteiger partial charge on any atom is -0.454 e. The molecule has 68 valence electrons. The van der Waals surface area contributed by atoms with Gasteiger partial charge in [0.2, 0.25) is 6.79 Å². The van der Waals surface area contributed by atoms with E-state index in [-0.39, 0.29) is 12.3 Å². The molecule has 0 spiro atoms. The minimum atomic E-state index is -1.63. The van der Waals surface area contributed by atoms with Crippen LogP contribution in [0.2, 0.25) is 0 Å². The van der Waals surface area contributed by atoms with E-state index in [0.717, 1.165) is 0 Å². The van der Waals surface area contributed by atoms with Crippen LogP contribution in [0.15, 0.2) is 18.2 Å². The Bertz CT molecular complexity index is 319. The third kappa shape index (κ3) is 1.34. The van der Waals surface area contributed by atoms with Crippen LogP contribution in [0.25, 0.3) is 0 Å². The largest absolute Gasteiger partial charge is 0.533 e. The second kappa shape index (κ2) is 3.23. The molecule has 4 nitrogen and oxygen atoms in total. The summed E-state index contributed by atoms with van der Waals surface area (Å²) in [6.45, 7) is 0.0748. The normalized spacial score (nSPS) is 13.1. The van der Waals surface area contributed by atoms with Gasteiger partial charge in [0.1, 0.15) is 0 Å². The zero-order valence-corrected chi connectivity index (χ0v) is 6.57.